The van der Waals surface area contributed by atoms with E-state index in [4.69, 9.17) is 0 Å². The van der Waals surface area contributed by atoms with Crippen molar-refractivity contribution < 1.29 is 5.11 Å². The molecule has 2 nitrogen and oxygen atoms in total. The highest BCUT2D eigenvalue weighted by Gasteiger charge is 2.34. The third kappa shape index (κ3) is 3.60. The van der Waals surface area contributed by atoms with E-state index in [1.807, 2.05) is 12.1 Å². The highest BCUT2D eigenvalue weighted by Crippen LogP contribution is 2.42. The number of phenolic OH excluding ortho intramolecular Hbond substituents is 1. The Morgan fingerprint density at radius 2 is 1.81 bits per heavy atom. The van der Waals surface area contributed by atoms with Crippen LogP contribution < -0.4 is 0 Å². The van der Waals surface area contributed by atoms with Gasteiger partial charge in [-0.1, -0.05) is 39.3 Å². The lowest BCUT2D eigenvalue weighted by Crippen LogP contribution is -2.43. The van der Waals surface area contributed by atoms with E-state index >= 15 is 0 Å². The molecule has 1 N–H and O–H groups in total. The summed E-state index contributed by atoms with van der Waals surface area (Å²) in [5.74, 6) is 1.02. The molecule has 0 saturated carbocycles. The molecule has 0 spiro atoms. The number of rotatable bonds is 7. The van der Waals surface area contributed by atoms with Crippen LogP contribution in [-0.2, 0) is 6.42 Å². The molecule has 1 aliphatic carbocycles. The van der Waals surface area contributed by atoms with Gasteiger partial charge in [-0.2, -0.15) is 0 Å². The molecule has 0 fully saturated rings. The first kappa shape index (κ1) is 16.4. The highest BCUT2D eigenvalue weighted by molar-refractivity contribution is 5.44. The van der Waals surface area contributed by atoms with E-state index in [9.17, 15) is 5.11 Å². The second-order valence-electron chi connectivity index (χ2n) is 6.39. The zero-order chi connectivity index (χ0) is 15.2. The third-order valence-corrected chi connectivity index (χ3v) is 4.81. The lowest BCUT2D eigenvalue weighted by atomic mass is 9.75. The van der Waals surface area contributed by atoms with Crippen molar-refractivity contribution in [3.05, 3.63) is 29.3 Å². The molecule has 0 saturated heterocycles. The van der Waals surface area contributed by atoms with E-state index < -0.39 is 0 Å². The maximum Gasteiger partial charge on any atom is 0.119 e. The molecular formula is C19H31NO. The first-order chi connectivity index (χ1) is 10.2. The molecule has 2 rings (SSSR count). The molecule has 0 unspecified atom stereocenters. The second-order valence-corrected chi connectivity index (χ2v) is 6.39. The van der Waals surface area contributed by atoms with Gasteiger partial charge in [0.25, 0.3) is 0 Å². The van der Waals surface area contributed by atoms with Crippen molar-refractivity contribution in [3.8, 4) is 5.75 Å². The van der Waals surface area contributed by atoms with Crippen LogP contribution in [0.2, 0.25) is 0 Å². The quantitative estimate of drug-likeness (QED) is 0.785. The molecule has 21 heavy (non-hydrogen) atoms. The van der Waals surface area contributed by atoms with Gasteiger partial charge in [0.05, 0.1) is 0 Å². The Bertz CT molecular complexity index is 437. The Morgan fingerprint density at radius 1 is 1.10 bits per heavy atom. The van der Waals surface area contributed by atoms with Gasteiger partial charge in [-0.15, -0.1) is 0 Å². The number of aryl methyl sites for hydroxylation is 1. The first-order valence-corrected chi connectivity index (χ1v) is 8.77. The predicted octanol–water partition coefficient (Wildman–Crippen LogP) is 4.71. The molecule has 0 aliphatic heterocycles. The zero-order valence-electron chi connectivity index (χ0n) is 13.9. The van der Waals surface area contributed by atoms with E-state index in [2.05, 4.69) is 31.7 Å². The van der Waals surface area contributed by atoms with Gasteiger partial charge in [-0.05, 0) is 56.8 Å². The molecule has 0 bridgehead atoms. The van der Waals surface area contributed by atoms with E-state index in [1.165, 1.54) is 56.3 Å². The van der Waals surface area contributed by atoms with Crippen molar-refractivity contribution in [3.63, 3.8) is 0 Å². The summed E-state index contributed by atoms with van der Waals surface area (Å²) in [5, 5.41) is 10.4. The number of nitrogens with zero attached hydrogens (tertiary/aromatic N) is 1. The van der Waals surface area contributed by atoms with E-state index in [1.54, 1.807) is 0 Å². The molecule has 2 atom stereocenters. The van der Waals surface area contributed by atoms with Crippen LogP contribution in [0.5, 0.6) is 5.75 Å². The normalized spacial score (nSPS) is 21.5. The Morgan fingerprint density at radius 3 is 2.43 bits per heavy atom. The van der Waals surface area contributed by atoms with Crippen molar-refractivity contribution in [2.75, 3.05) is 13.1 Å². The average Bonchev–Trinajstić information content (AvgIpc) is 2.48. The average molecular weight is 289 g/mol. The van der Waals surface area contributed by atoms with Gasteiger partial charge < -0.3 is 5.11 Å². The largest absolute Gasteiger partial charge is 0.508 e. The van der Waals surface area contributed by atoms with Gasteiger partial charge in [-0.25, -0.2) is 0 Å². The molecule has 0 radical (unpaired) electrons. The van der Waals surface area contributed by atoms with Crippen molar-refractivity contribution in [1.29, 1.82) is 0 Å². The van der Waals surface area contributed by atoms with Crippen LogP contribution in [0.25, 0.3) is 0 Å². The molecule has 0 amide bonds. The summed E-state index contributed by atoms with van der Waals surface area (Å²) < 4.78 is 0. The summed E-state index contributed by atoms with van der Waals surface area (Å²) in [5.41, 5.74) is 2.62. The molecule has 118 valence electrons. The smallest absolute Gasteiger partial charge is 0.119 e. The van der Waals surface area contributed by atoms with E-state index in [-0.39, 0.29) is 0 Å². The van der Waals surface area contributed by atoms with Gasteiger partial charge in [0.2, 0.25) is 0 Å². The summed E-state index contributed by atoms with van der Waals surface area (Å²) in [4.78, 5) is 2.68. The minimum atomic E-state index is 0.498. The molecule has 1 aromatic carbocycles. The Labute approximate surface area is 130 Å². The number of fused-ring (bicyclic) bond motifs is 1. The second kappa shape index (κ2) is 7.84. The standard InChI is InChI=1S/C19H31NO/c1-4-8-16-17(20(13-5-2)14-6-3)12-11-15-9-7-10-18(21)19(15)16/h7,9-10,16-17,21H,4-6,8,11-14H2,1-3H3/t16-,17-/m0/s1. The Hall–Kier alpha value is -1.02. The van der Waals surface area contributed by atoms with Gasteiger partial charge in [0, 0.05) is 17.5 Å². The lowest BCUT2D eigenvalue weighted by molar-refractivity contribution is 0.148. The minimum Gasteiger partial charge on any atom is -0.508 e. The fourth-order valence-electron chi connectivity index (χ4n) is 4.05. The van der Waals surface area contributed by atoms with Crippen LogP contribution in [0.1, 0.15) is 69.9 Å². The summed E-state index contributed by atoms with van der Waals surface area (Å²) in [6.07, 6.45) is 7.13. The molecular weight excluding hydrogens is 258 g/mol. The predicted molar refractivity (Wildman–Crippen MR) is 90.0 cm³/mol. The number of phenols is 1. The number of hydrogen-bond acceptors (Lipinski definition) is 2. The SMILES string of the molecule is CCC[C@@H]1c2c(O)cccc2CC[C@@H]1N(CCC)CCC. The van der Waals surface area contributed by atoms with Crippen molar-refractivity contribution in [2.24, 2.45) is 0 Å². The molecule has 0 aromatic heterocycles. The maximum absolute atomic E-state index is 10.4. The van der Waals surface area contributed by atoms with Crippen LogP contribution in [0.4, 0.5) is 0 Å². The monoisotopic (exact) mass is 289 g/mol. The van der Waals surface area contributed by atoms with Crippen LogP contribution in [0.15, 0.2) is 18.2 Å². The highest BCUT2D eigenvalue weighted by atomic mass is 16.3. The van der Waals surface area contributed by atoms with Gasteiger partial charge >= 0.3 is 0 Å². The number of aromatic hydroxyl groups is 1. The topological polar surface area (TPSA) is 23.5 Å². The Balaban J connectivity index is 2.32. The van der Waals surface area contributed by atoms with Crippen molar-refractivity contribution in [1.82, 2.24) is 4.90 Å². The summed E-state index contributed by atoms with van der Waals surface area (Å²) in [6.45, 7) is 9.16. The van der Waals surface area contributed by atoms with Crippen LogP contribution in [-0.4, -0.2) is 29.1 Å². The van der Waals surface area contributed by atoms with Gasteiger partial charge in [0.1, 0.15) is 5.75 Å². The van der Waals surface area contributed by atoms with Gasteiger partial charge in [0.15, 0.2) is 0 Å². The van der Waals surface area contributed by atoms with E-state index in [0.29, 0.717) is 17.7 Å². The number of benzene rings is 1. The fourth-order valence-corrected chi connectivity index (χ4v) is 4.05. The van der Waals surface area contributed by atoms with Crippen molar-refractivity contribution in [2.45, 2.75) is 71.3 Å². The lowest BCUT2D eigenvalue weighted by Gasteiger charge is -2.41. The molecule has 1 aromatic rings. The van der Waals surface area contributed by atoms with Crippen LogP contribution >= 0.6 is 0 Å². The van der Waals surface area contributed by atoms with Crippen LogP contribution in [0, 0.1) is 0 Å². The third-order valence-electron chi connectivity index (χ3n) is 4.81. The van der Waals surface area contributed by atoms with Crippen molar-refractivity contribution >= 4 is 0 Å². The zero-order valence-corrected chi connectivity index (χ0v) is 13.9. The summed E-state index contributed by atoms with van der Waals surface area (Å²) >= 11 is 0. The molecule has 0 heterocycles. The summed E-state index contributed by atoms with van der Waals surface area (Å²) in [6, 6.07) is 6.67. The number of hydrogen-bond donors (Lipinski definition) is 1. The maximum atomic E-state index is 10.4. The van der Waals surface area contributed by atoms with E-state index in [0.717, 1.165) is 6.42 Å². The summed E-state index contributed by atoms with van der Waals surface area (Å²) in [7, 11) is 0. The Kier molecular flexibility index (Phi) is 6.10. The first-order valence-electron chi connectivity index (χ1n) is 8.77. The minimum absolute atomic E-state index is 0.498. The molecule has 2 heteroatoms. The molecule has 1 aliphatic rings. The fraction of sp³-hybridized carbons (Fsp3) is 0.684. The van der Waals surface area contributed by atoms with Crippen LogP contribution in [0.3, 0.4) is 0 Å². The van der Waals surface area contributed by atoms with Gasteiger partial charge in [-0.3, -0.25) is 4.90 Å².